The second-order valence-electron chi connectivity index (χ2n) is 4.28. The molecule has 0 saturated heterocycles. The summed E-state index contributed by atoms with van der Waals surface area (Å²) in [6.45, 7) is 3.70. The summed E-state index contributed by atoms with van der Waals surface area (Å²) in [6.07, 6.45) is 2.49. The lowest BCUT2D eigenvalue weighted by atomic mass is 10.3. The monoisotopic (exact) mass is 334 g/mol. The maximum Gasteiger partial charge on any atom is 0.232 e. The molecule has 0 unspecified atom stereocenters. The largest absolute Gasteiger partial charge is 0.353 e. The molecule has 0 aliphatic carbocycles. The van der Waals surface area contributed by atoms with E-state index in [2.05, 4.69) is 11.9 Å². The predicted molar refractivity (Wildman–Crippen MR) is 81.4 cm³/mol. The van der Waals surface area contributed by atoms with Gasteiger partial charge in [-0.3, -0.25) is 9.10 Å². The minimum Gasteiger partial charge on any atom is -0.353 e. The van der Waals surface area contributed by atoms with Crippen LogP contribution in [0.1, 0.15) is 6.42 Å². The Kier molecular flexibility index (Phi) is 6.17. The first-order valence-corrected chi connectivity index (χ1v) is 8.28. The predicted octanol–water partition coefficient (Wildman–Crippen LogP) is 1.94. The second kappa shape index (κ2) is 7.42. The smallest absolute Gasteiger partial charge is 0.232 e. The number of sulfonamides is 1. The van der Waals surface area contributed by atoms with Crippen LogP contribution in [0.3, 0.4) is 0 Å². The Hall–Kier alpha value is -1.60. The van der Waals surface area contributed by atoms with Crippen molar-refractivity contribution >= 4 is 33.2 Å². The molecule has 0 bridgehead atoms. The lowest BCUT2D eigenvalue weighted by Crippen LogP contribution is -2.34. The zero-order chi connectivity index (χ0) is 16.0. The highest BCUT2D eigenvalue weighted by atomic mass is 35.5. The molecule has 0 spiro atoms. The highest BCUT2D eigenvalue weighted by Crippen LogP contribution is 2.24. The maximum absolute atomic E-state index is 13.1. The molecule has 0 heterocycles. The minimum absolute atomic E-state index is 0.0318. The number of benzene rings is 1. The Morgan fingerprint density at radius 1 is 1.52 bits per heavy atom. The average Bonchev–Trinajstić information content (AvgIpc) is 2.39. The summed E-state index contributed by atoms with van der Waals surface area (Å²) >= 11 is 5.65. The lowest BCUT2D eigenvalue weighted by molar-refractivity contribution is -0.120. The van der Waals surface area contributed by atoms with E-state index in [9.17, 15) is 17.6 Å². The molecule has 0 aliphatic heterocycles. The first-order valence-electron chi connectivity index (χ1n) is 6.06. The van der Waals surface area contributed by atoms with Crippen LogP contribution in [-0.4, -0.2) is 33.7 Å². The number of nitrogens with one attached hydrogen (secondary N) is 1. The fourth-order valence-electron chi connectivity index (χ4n) is 1.60. The van der Waals surface area contributed by atoms with Gasteiger partial charge in [0.05, 0.1) is 17.0 Å². The van der Waals surface area contributed by atoms with Gasteiger partial charge in [0, 0.05) is 19.5 Å². The maximum atomic E-state index is 13.1. The summed E-state index contributed by atoms with van der Waals surface area (Å²) in [5.74, 6) is -0.950. The van der Waals surface area contributed by atoms with Gasteiger partial charge in [-0.05, 0) is 18.2 Å². The molecular weight excluding hydrogens is 319 g/mol. The molecule has 21 heavy (non-hydrogen) atoms. The van der Waals surface area contributed by atoms with E-state index in [1.807, 2.05) is 0 Å². The van der Waals surface area contributed by atoms with Crippen molar-refractivity contribution in [3.63, 3.8) is 0 Å². The van der Waals surface area contributed by atoms with Crippen LogP contribution in [0, 0.1) is 5.82 Å². The quantitative estimate of drug-likeness (QED) is 0.775. The molecule has 1 amide bonds. The third kappa shape index (κ3) is 5.35. The number of carbonyl (C=O) groups excluding carboxylic acids is 1. The Labute approximate surface area is 128 Å². The number of hydrogen-bond donors (Lipinski definition) is 1. The van der Waals surface area contributed by atoms with Crippen molar-refractivity contribution in [2.75, 3.05) is 23.7 Å². The first-order chi connectivity index (χ1) is 9.75. The molecule has 0 saturated carbocycles. The summed E-state index contributed by atoms with van der Waals surface area (Å²) in [5.41, 5.74) is 0.209. The third-order valence-electron chi connectivity index (χ3n) is 2.58. The molecule has 1 rings (SSSR count). The molecule has 5 nitrogen and oxygen atoms in total. The number of carbonyl (C=O) groups is 1. The molecule has 0 radical (unpaired) electrons. The molecule has 0 fully saturated rings. The van der Waals surface area contributed by atoms with Crippen LogP contribution in [-0.2, 0) is 14.8 Å². The number of amides is 1. The summed E-state index contributed by atoms with van der Waals surface area (Å²) in [7, 11) is -3.61. The fraction of sp³-hybridized carbons (Fsp3) is 0.308. The molecule has 1 aromatic carbocycles. The molecule has 8 heteroatoms. The van der Waals surface area contributed by atoms with E-state index < -0.39 is 15.8 Å². The van der Waals surface area contributed by atoms with Crippen LogP contribution in [0.4, 0.5) is 10.1 Å². The molecule has 0 atom stereocenters. The van der Waals surface area contributed by atoms with Crippen LogP contribution in [0.5, 0.6) is 0 Å². The van der Waals surface area contributed by atoms with Gasteiger partial charge in [0.1, 0.15) is 5.82 Å². The SMILES string of the molecule is C=CCNC(=O)CCN(c1ccc(F)c(Cl)c1)S(C)(=O)=O. The van der Waals surface area contributed by atoms with Crippen LogP contribution < -0.4 is 9.62 Å². The standard InChI is InChI=1S/C13H16ClFN2O3S/c1-3-7-16-13(18)6-8-17(21(2,19)20)10-4-5-12(15)11(14)9-10/h3-5,9H,1,6-8H2,2H3,(H,16,18). The Morgan fingerprint density at radius 3 is 2.71 bits per heavy atom. The Morgan fingerprint density at radius 2 is 2.19 bits per heavy atom. The molecular formula is C13H16ClFN2O3S. The summed E-state index contributed by atoms with van der Waals surface area (Å²) in [5, 5.41) is 2.36. The zero-order valence-corrected chi connectivity index (χ0v) is 13.0. The van der Waals surface area contributed by atoms with Gasteiger partial charge in [0.25, 0.3) is 0 Å². The van der Waals surface area contributed by atoms with Gasteiger partial charge in [-0.25, -0.2) is 12.8 Å². The fourth-order valence-corrected chi connectivity index (χ4v) is 2.70. The van der Waals surface area contributed by atoms with Gasteiger partial charge in [-0.2, -0.15) is 0 Å². The summed E-state index contributed by atoms with van der Waals surface area (Å²) in [6, 6.07) is 3.58. The molecule has 1 aromatic rings. The van der Waals surface area contributed by atoms with E-state index in [-0.39, 0.29) is 29.6 Å². The van der Waals surface area contributed by atoms with Crippen LogP contribution in [0.15, 0.2) is 30.9 Å². The van der Waals surface area contributed by atoms with Crippen molar-refractivity contribution in [1.29, 1.82) is 0 Å². The van der Waals surface area contributed by atoms with E-state index in [1.165, 1.54) is 18.2 Å². The Balaban J connectivity index is 2.89. The van der Waals surface area contributed by atoms with Crippen LogP contribution in [0.25, 0.3) is 0 Å². The van der Waals surface area contributed by atoms with E-state index in [4.69, 9.17) is 11.6 Å². The average molecular weight is 335 g/mol. The van der Waals surface area contributed by atoms with Gasteiger partial charge in [-0.15, -0.1) is 6.58 Å². The number of nitrogens with zero attached hydrogens (tertiary/aromatic N) is 1. The molecule has 0 aliphatic rings. The first kappa shape index (κ1) is 17.5. The van der Waals surface area contributed by atoms with E-state index in [1.54, 1.807) is 0 Å². The summed E-state index contributed by atoms with van der Waals surface area (Å²) < 4.78 is 37.7. The molecule has 1 N–H and O–H groups in total. The van der Waals surface area contributed by atoms with E-state index in [0.29, 0.717) is 6.54 Å². The van der Waals surface area contributed by atoms with Gasteiger partial charge >= 0.3 is 0 Å². The number of rotatable bonds is 7. The zero-order valence-electron chi connectivity index (χ0n) is 11.5. The van der Waals surface area contributed by atoms with Crippen LogP contribution >= 0.6 is 11.6 Å². The van der Waals surface area contributed by atoms with Crippen molar-refractivity contribution < 1.29 is 17.6 Å². The summed E-state index contributed by atoms with van der Waals surface area (Å²) in [4.78, 5) is 11.5. The topological polar surface area (TPSA) is 66.5 Å². The molecule has 0 aromatic heterocycles. The second-order valence-corrected chi connectivity index (χ2v) is 6.59. The molecule has 116 valence electrons. The van der Waals surface area contributed by atoms with Gasteiger partial charge in [0.15, 0.2) is 0 Å². The van der Waals surface area contributed by atoms with Crippen molar-refractivity contribution in [2.45, 2.75) is 6.42 Å². The number of anilines is 1. The minimum atomic E-state index is -3.61. The number of hydrogen-bond acceptors (Lipinski definition) is 3. The third-order valence-corrected chi connectivity index (χ3v) is 4.06. The highest BCUT2D eigenvalue weighted by Gasteiger charge is 2.19. The van der Waals surface area contributed by atoms with Crippen molar-refractivity contribution in [3.8, 4) is 0 Å². The van der Waals surface area contributed by atoms with E-state index >= 15 is 0 Å². The Bertz CT molecular complexity index is 634. The van der Waals surface area contributed by atoms with Gasteiger partial charge in [0.2, 0.25) is 15.9 Å². The van der Waals surface area contributed by atoms with Gasteiger partial charge in [-0.1, -0.05) is 17.7 Å². The number of halogens is 2. The van der Waals surface area contributed by atoms with Crippen molar-refractivity contribution in [3.05, 3.63) is 41.7 Å². The highest BCUT2D eigenvalue weighted by molar-refractivity contribution is 7.92. The normalized spacial score (nSPS) is 11.0. The van der Waals surface area contributed by atoms with Crippen molar-refractivity contribution in [1.82, 2.24) is 5.32 Å². The van der Waals surface area contributed by atoms with Crippen molar-refractivity contribution in [2.24, 2.45) is 0 Å². The van der Waals surface area contributed by atoms with Gasteiger partial charge < -0.3 is 5.32 Å². The lowest BCUT2D eigenvalue weighted by Gasteiger charge is -2.22. The van der Waals surface area contributed by atoms with E-state index in [0.717, 1.165) is 16.6 Å². The van der Waals surface area contributed by atoms with Crippen LogP contribution in [0.2, 0.25) is 5.02 Å².